The third kappa shape index (κ3) is 3.59. The van der Waals surface area contributed by atoms with E-state index >= 15 is 0 Å². The molecule has 0 aromatic carbocycles. The summed E-state index contributed by atoms with van der Waals surface area (Å²) in [7, 11) is -1.19. The zero-order valence-electron chi connectivity index (χ0n) is 11.9. The number of ether oxygens (including phenoxy) is 1. The summed E-state index contributed by atoms with van der Waals surface area (Å²) in [4.78, 5) is 11.6. The standard InChI is InChI=1S/C13H21N3O3S/c1-3-14-13(17)19-12-9-11(20(2)18)15-16(12)10-7-5-4-6-8-10/h9-10H,3-8H2,1-2H3,(H,14,17). The summed E-state index contributed by atoms with van der Waals surface area (Å²) < 4.78 is 18.6. The second-order valence-electron chi connectivity index (χ2n) is 4.93. The minimum atomic E-state index is -1.19. The molecule has 1 aliphatic rings. The Balaban J connectivity index is 2.22. The molecular weight excluding hydrogens is 278 g/mol. The van der Waals surface area contributed by atoms with Crippen LogP contribution in [0.2, 0.25) is 0 Å². The highest BCUT2D eigenvalue weighted by molar-refractivity contribution is 7.84. The van der Waals surface area contributed by atoms with Gasteiger partial charge in [-0.25, -0.2) is 9.48 Å². The van der Waals surface area contributed by atoms with Gasteiger partial charge in [-0.3, -0.25) is 4.21 Å². The van der Waals surface area contributed by atoms with Crippen molar-refractivity contribution >= 4 is 16.9 Å². The predicted octanol–water partition coefficient (Wildman–Crippen LogP) is 2.23. The summed E-state index contributed by atoms with van der Waals surface area (Å²) in [6.07, 6.45) is 6.64. The SMILES string of the molecule is CCNC(=O)Oc1cc(S(C)=O)nn1C1CCCCC1. The Morgan fingerprint density at radius 2 is 2.20 bits per heavy atom. The number of amides is 1. The maximum atomic E-state index is 11.6. The lowest BCUT2D eigenvalue weighted by Crippen LogP contribution is -2.28. The van der Waals surface area contributed by atoms with Crippen LogP contribution in [0.1, 0.15) is 45.1 Å². The van der Waals surface area contributed by atoms with Gasteiger partial charge in [-0.1, -0.05) is 19.3 Å². The van der Waals surface area contributed by atoms with Crippen LogP contribution in [-0.4, -0.2) is 32.9 Å². The number of carbonyl (C=O) groups is 1. The highest BCUT2D eigenvalue weighted by atomic mass is 32.2. The number of carbonyl (C=O) groups excluding carboxylic acids is 1. The van der Waals surface area contributed by atoms with Crippen LogP contribution >= 0.6 is 0 Å². The maximum Gasteiger partial charge on any atom is 0.413 e. The lowest BCUT2D eigenvalue weighted by molar-refractivity contribution is 0.191. The molecule has 0 saturated heterocycles. The molecule has 112 valence electrons. The smallest absolute Gasteiger partial charge is 0.391 e. The molecule has 1 aliphatic carbocycles. The van der Waals surface area contributed by atoms with Crippen molar-refractivity contribution in [1.82, 2.24) is 15.1 Å². The Morgan fingerprint density at radius 1 is 1.50 bits per heavy atom. The second kappa shape index (κ2) is 6.88. The molecule has 7 heteroatoms. The molecule has 0 radical (unpaired) electrons. The molecule has 1 fully saturated rings. The Bertz CT molecular complexity index is 495. The minimum absolute atomic E-state index is 0.227. The summed E-state index contributed by atoms with van der Waals surface area (Å²) in [5.41, 5.74) is 0. The van der Waals surface area contributed by atoms with Crippen LogP contribution in [0.15, 0.2) is 11.1 Å². The molecule has 20 heavy (non-hydrogen) atoms. The van der Waals surface area contributed by atoms with Crippen LogP contribution in [0.3, 0.4) is 0 Å². The number of nitrogens with one attached hydrogen (secondary N) is 1. The van der Waals surface area contributed by atoms with Crippen molar-refractivity contribution in [3.05, 3.63) is 6.07 Å². The molecule has 1 unspecified atom stereocenters. The zero-order chi connectivity index (χ0) is 14.5. The highest BCUT2D eigenvalue weighted by Crippen LogP contribution is 2.32. The molecule has 1 atom stereocenters. The average Bonchev–Trinajstić information content (AvgIpc) is 2.84. The summed E-state index contributed by atoms with van der Waals surface area (Å²) >= 11 is 0. The second-order valence-corrected chi connectivity index (χ2v) is 6.26. The minimum Gasteiger partial charge on any atom is -0.391 e. The van der Waals surface area contributed by atoms with Gasteiger partial charge in [0.2, 0.25) is 5.88 Å². The maximum absolute atomic E-state index is 11.6. The third-order valence-corrected chi connectivity index (χ3v) is 4.20. The Morgan fingerprint density at radius 3 is 2.80 bits per heavy atom. The van der Waals surface area contributed by atoms with E-state index in [0.717, 1.165) is 25.7 Å². The lowest BCUT2D eigenvalue weighted by atomic mass is 9.96. The van der Waals surface area contributed by atoms with Gasteiger partial charge >= 0.3 is 6.09 Å². The van der Waals surface area contributed by atoms with Crippen LogP contribution < -0.4 is 10.1 Å². The molecule has 1 N–H and O–H groups in total. The highest BCUT2D eigenvalue weighted by Gasteiger charge is 2.23. The first kappa shape index (κ1) is 15.0. The molecule has 1 aromatic rings. The van der Waals surface area contributed by atoms with Crippen molar-refractivity contribution in [3.63, 3.8) is 0 Å². The zero-order valence-corrected chi connectivity index (χ0v) is 12.7. The van der Waals surface area contributed by atoms with Gasteiger partial charge in [0.05, 0.1) is 16.8 Å². The van der Waals surface area contributed by atoms with Gasteiger partial charge < -0.3 is 10.1 Å². The summed E-state index contributed by atoms with van der Waals surface area (Å²) in [6, 6.07) is 1.82. The topological polar surface area (TPSA) is 73.2 Å². The summed E-state index contributed by atoms with van der Waals surface area (Å²) in [5.74, 6) is 0.382. The van der Waals surface area contributed by atoms with Crippen molar-refractivity contribution in [3.8, 4) is 5.88 Å². The van der Waals surface area contributed by atoms with Gasteiger partial charge in [0.25, 0.3) is 0 Å². The van der Waals surface area contributed by atoms with Gasteiger partial charge in [0, 0.05) is 18.9 Å². The molecule has 0 bridgehead atoms. The number of hydrogen-bond acceptors (Lipinski definition) is 4. The van der Waals surface area contributed by atoms with E-state index in [0.29, 0.717) is 17.5 Å². The predicted molar refractivity (Wildman–Crippen MR) is 76.4 cm³/mol. The van der Waals surface area contributed by atoms with Crippen LogP contribution in [-0.2, 0) is 10.8 Å². The van der Waals surface area contributed by atoms with Crippen LogP contribution in [0, 0.1) is 0 Å². The first-order valence-electron chi connectivity index (χ1n) is 7.00. The molecule has 1 heterocycles. The van der Waals surface area contributed by atoms with Gasteiger partial charge in [0.15, 0.2) is 5.03 Å². The van der Waals surface area contributed by atoms with E-state index in [2.05, 4.69) is 10.4 Å². The Kier molecular flexibility index (Phi) is 5.17. The molecule has 2 rings (SSSR count). The fraction of sp³-hybridized carbons (Fsp3) is 0.692. The fourth-order valence-electron chi connectivity index (χ4n) is 2.44. The Labute approximate surface area is 121 Å². The molecule has 1 saturated carbocycles. The summed E-state index contributed by atoms with van der Waals surface area (Å²) in [6.45, 7) is 2.33. The first-order chi connectivity index (χ1) is 9.61. The fourth-order valence-corrected chi connectivity index (χ4v) is 2.91. The molecule has 0 aliphatic heterocycles. The molecule has 1 amide bonds. The van der Waals surface area contributed by atoms with Crippen LogP contribution in [0.5, 0.6) is 5.88 Å². The largest absolute Gasteiger partial charge is 0.413 e. The average molecular weight is 299 g/mol. The van der Waals surface area contributed by atoms with Crippen molar-refractivity contribution in [2.45, 2.75) is 50.1 Å². The van der Waals surface area contributed by atoms with Crippen LogP contribution in [0.4, 0.5) is 4.79 Å². The van der Waals surface area contributed by atoms with E-state index in [4.69, 9.17) is 4.74 Å². The quantitative estimate of drug-likeness (QED) is 0.925. The van der Waals surface area contributed by atoms with Gasteiger partial charge in [0.1, 0.15) is 0 Å². The monoisotopic (exact) mass is 299 g/mol. The molecular formula is C13H21N3O3S. The van der Waals surface area contributed by atoms with E-state index in [1.807, 2.05) is 6.92 Å². The van der Waals surface area contributed by atoms with E-state index in [9.17, 15) is 9.00 Å². The van der Waals surface area contributed by atoms with Gasteiger partial charge in [-0.15, -0.1) is 0 Å². The Hall–Kier alpha value is -1.37. The van der Waals surface area contributed by atoms with Crippen molar-refractivity contribution in [2.75, 3.05) is 12.8 Å². The van der Waals surface area contributed by atoms with Crippen molar-refractivity contribution in [2.24, 2.45) is 0 Å². The molecule has 6 nitrogen and oxygen atoms in total. The lowest BCUT2D eigenvalue weighted by Gasteiger charge is -2.23. The van der Waals surface area contributed by atoms with Crippen LogP contribution in [0.25, 0.3) is 0 Å². The number of hydrogen-bond donors (Lipinski definition) is 1. The van der Waals surface area contributed by atoms with E-state index < -0.39 is 16.9 Å². The number of nitrogens with zero attached hydrogens (tertiary/aromatic N) is 2. The number of rotatable bonds is 4. The normalized spacial score (nSPS) is 17.7. The summed E-state index contributed by atoms with van der Waals surface area (Å²) in [5, 5.41) is 7.40. The van der Waals surface area contributed by atoms with Gasteiger partial charge in [-0.05, 0) is 19.8 Å². The first-order valence-corrected chi connectivity index (χ1v) is 8.56. The molecule has 1 aromatic heterocycles. The molecule has 0 spiro atoms. The van der Waals surface area contributed by atoms with E-state index in [1.54, 1.807) is 17.0 Å². The van der Waals surface area contributed by atoms with Crippen molar-refractivity contribution < 1.29 is 13.7 Å². The third-order valence-electron chi connectivity index (χ3n) is 3.41. The number of aromatic nitrogens is 2. The van der Waals surface area contributed by atoms with E-state index in [-0.39, 0.29) is 6.04 Å². The van der Waals surface area contributed by atoms with Crippen molar-refractivity contribution in [1.29, 1.82) is 0 Å². The van der Waals surface area contributed by atoms with Gasteiger partial charge in [-0.2, -0.15) is 5.10 Å². The van der Waals surface area contributed by atoms with E-state index in [1.165, 1.54) is 6.42 Å².